The van der Waals surface area contributed by atoms with E-state index in [9.17, 15) is 17.6 Å². The quantitative estimate of drug-likeness (QED) is 0.777. The van der Waals surface area contributed by atoms with Gasteiger partial charge in [-0.05, 0) is 36.6 Å². The van der Waals surface area contributed by atoms with Gasteiger partial charge in [-0.25, -0.2) is 17.9 Å². The molecular weight excluding hydrogens is 333 g/mol. The van der Waals surface area contributed by atoms with E-state index in [1.807, 2.05) is 0 Å². The number of carbonyl (C=O) groups excluding carboxylic acids is 1. The van der Waals surface area contributed by atoms with Crippen molar-refractivity contribution in [2.24, 2.45) is 10.9 Å². The maximum atomic E-state index is 14.3. The first-order chi connectivity index (χ1) is 11.2. The van der Waals surface area contributed by atoms with Crippen molar-refractivity contribution in [3.8, 4) is 11.1 Å². The van der Waals surface area contributed by atoms with Gasteiger partial charge in [-0.15, -0.1) is 0 Å². The summed E-state index contributed by atoms with van der Waals surface area (Å²) >= 11 is 0. The molecule has 5 N–H and O–H groups in total. The van der Waals surface area contributed by atoms with Gasteiger partial charge in [0, 0.05) is 5.56 Å². The van der Waals surface area contributed by atoms with Gasteiger partial charge in [0.15, 0.2) is 0 Å². The largest absolute Gasteiger partial charge is 0.322 e. The SMILES string of the molecule is NC1(C(=O)Nc2ccc(-c3ccccc3S(N)(=O)=O)cc2F)CC1. The molecule has 0 spiro atoms. The maximum absolute atomic E-state index is 14.3. The molecule has 0 atom stereocenters. The summed E-state index contributed by atoms with van der Waals surface area (Å²) < 4.78 is 37.6. The van der Waals surface area contributed by atoms with Crippen LogP contribution in [0, 0.1) is 5.82 Å². The molecule has 0 saturated heterocycles. The van der Waals surface area contributed by atoms with Gasteiger partial charge >= 0.3 is 0 Å². The average Bonchev–Trinajstić information content (AvgIpc) is 3.27. The van der Waals surface area contributed by atoms with Crippen LogP contribution in [0.15, 0.2) is 47.4 Å². The average molecular weight is 349 g/mol. The smallest absolute Gasteiger partial charge is 0.244 e. The number of hydrogen-bond acceptors (Lipinski definition) is 4. The molecule has 0 radical (unpaired) electrons. The fraction of sp³-hybridized carbons (Fsp3) is 0.188. The zero-order valence-corrected chi connectivity index (χ0v) is 13.4. The molecule has 126 valence electrons. The monoisotopic (exact) mass is 349 g/mol. The molecule has 0 heterocycles. The van der Waals surface area contributed by atoms with Crippen LogP contribution in [0.4, 0.5) is 10.1 Å². The van der Waals surface area contributed by atoms with Crippen LogP contribution < -0.4 is 16.2 Å². The van der Waals surface area contributed by atoms with E-state index in [2.05, 4.69) is 5.32 Å². The van der Waals surface area contributed by atoms with E-state index in [-0.39, 0.29) is 16.1 Å². The van der Waals surface area contributed by atoms with Gasteiger partial charge < -0.3 is 11.1 Å². The summed E-state index contributed by atoms with van der Waals surface area (Å²) in [5.41, 5.74) is 5.47. The van der Waals surface area contributed by atoms with Crippen molar-refractivity contribution in [1.29, 1.82) is 0 Å². The summed E-state index contributed by atoms with van der Waals surface area (Å²) in [6.45, 7) is 0. The summed E-state index contributed by atoms with van der Waals surface area (Å²) in [4.78, 5) is 11.8. The third kappa shape index (κ3) is 3.16. The summed E-state index contributed by atoms with van der Waals surface area (Å²) in [6, 6.07) is 10.1. The Morgan fingerprint density at radius 2 is 1.83 bits per heavy atom. The van der Waals surface area contributed by atoms with Crippen molar-refractivity contribution in [2.75, 3.05) is 5.32 Å². The lowest BCUT2D eigenvalue weighted by molar-refractivity contribution is -0.118. The lowest BCUT2D eigenvalue weighted by atomic mass is 10.0. The minimum absolute atomic E-state index is 0.00596. The minimum atomic E-state index is -3.94. The van der Waals surface area contributed by atoms with Crippen molar-refractivity contribution in [1.82, 2.24) is 0 Å². The number of sulfonamides is 1. The number of nitrogens with one attached hydrogen (secondary N) is 1. The molecule has 0 aromatic heterocycles. The van der Waals surface area contributed by atoms with E-state index in [1.54, 1.807) is 6.07 Å². The second kappa shape index (κ2) is 5.66. The topological polar surface area (TPSA) is 115 Å². The molecular formula is C16H16FN3O3S. The number of hydrogen-bond donors (Lipinski definition) is 3. The van der Waals surface area contributed by atoms with Crippen LogP contribution in [0.1, 0.15) is 12.8 Å². The van der Waals surface area contributed by atoms with Crippen molar-refractivity contribution in [2.45, 2.75) is 23.3 Å². The predicted octanol–water partition coefficient (Wildman–Crippen LogP) is 1.57. The molecule has 1 amide bonds. The molecule has 0 unspecified atom stereocenters. The van der Waals surface area contributed by atoms with Gasteiger partial charge in [0.2, 0.25) is 15.9 Å². The Kier molecular flexibility index (Phi) is 3.90. The fourth-order valence-corrected chi connectivity index (χ4v) is 3.11. The van der Waals surface area contributed by atoms with Crippen LogP contribution in [-0.4, -0.2) is 19.9 Å². The van der Waals surface area contributed by atoms with Gasteiger partial charge in [-0.2, -0.15) is 0 Å². The molecule has 24 heavy (non-hydrogen) atoms. The highest BCUT2D eigenvalue weighted by Crippen LogP contribution is 2.34. The highest BCUT2D eigenvalue weighted by molar-refractivity contribution is 7.89. The van der Waals surface area contributed by atoms with Crippen LogP contribution in [0.3, 0.4) is 0 Å². The first-order valence-corrected chi connectivity index (χ1v) is 8.77. The van der Waals surface area contributed by atoms with E-state index in [0.29, 0.717) is 18.4 Å². The van der Waals surface area contributed by atoms with Crippen molar-refractivity contribution in [3.63, 3.8) is 0 Å². The Labute approximate surface area is 138 Å². The summed E-state index contributed by atoms with van der Waals surface area (Å²) in [5, 5.41) is 7.65. The number of rotatable bonds is 4. The van der Waals surface area contributed by atoms with Crippen LogP contribution in [0.5, 0.6) is 0 Å². The van der Waals surface area contributed by atoms with Crippen LogP contribution in [0.2, 0.25) is 0 Å². The summed E-state index contributed by atoms with van der Waals surface area (Å²) in [5.74, 6) is -1.12. The van der Waals surface area contributed by atoms with E-state index in [4.69, 9.17) is 10.9 Å². The molecule has 0 aliphatic heterocycles. The molecule has 1 aliphatic rings. The molecule has 1 aliphatic carbocycles. The molecule has 1 fully saturated rings. The Hall–Kier alpha value is -2.29. The summed E-state index contributed by atoms with van der Waals surface area (Å²) in [7, 11) is -3.94. The standard InChI is InChI=1S/C16H16FN3O3S/c17-12-9-10(11-3-1-2-4-14(11)24(19,22)23)5-6-13(12)20-15(21)16(18)7-8-16/h1-6,9H,7-8,18H2,(H,20,21)(H2,19,22,23). The molecule has 8 heteroatoms. The van der Waals surface area contributed by atoms with Gasteiger partial charge in [0.1, 0.15) is 5.82 Å². The van der Waals surface area contributed by atoms with Crippen LogP contribution in [0.25, 0.3) is 11.1 Å². The molecule has 2 aromatic carbocycles. The van der Waals surface area contributed by atoms with Gasteiger partial charge in [-0.1, -0.05) is 24.3 Å². The van der Waals surface area contributed by atoms with Gasteiger partial charge in [0.05, 0.1) is 16.1 Å². The fourth-order valence-electron chi connectivity index (χ4n) is 2.35. The molecule has 0 bridgehead atoms. The van der Waals surface area contributed by atoms with E-state index in [1.165, 1.54) is 30.3 Å². The third-order valence-electron chi connectivity index (χ3n) is 3.96. The van der Waals surface area contributed by atoms with E-state index in [0.717, 1.165) is 6.07 Å². The number of primary sulfonamides is 1. The zero-order valence-electron chi connectivity index (χ0n) is 12.6. The van der Waals surface area contributed by atoms with Gasteiger partial charge in [-0.3, -0.25) is 4.79 Å². The number of amides is 1. The number of nitrogens with two attached hydrogens (primary N) is 2. The molecule has 2 aromatic rings. The van der Waals surface area contributed by atoms with Crippen molar-refractivity contribution >= 4 is 21.6 Å². The Bertz CT molecular complexity index is 924. The Balaban J connectivity index is 1.95. The maximum Gasteiger partial charge on any atom is 0.244 e. The van der Waals surface area contributed by atoms with Crippen LogP contribution in [-0.2, 0) is 14.8 Å². The van der Waals surface area contributed by atoms with Crippen molar-refractivity contribution in [3.05, 3.63) is 48.3 Å². The second-order valence-electron chi connectivity index (χ2n) is 5.85. The second-order valence-corrected chi connectivity index (χ2v) is 7.38. The number of anilines is 1. The lowest BCUT2D eigenvalue weighted by Gasteiger charge is -2.13. The van der Waals surface area contributed by atoms with Crippen LogP contribution >= 0.6 is 0 Å². The predicted molar refractivity (Wildman–Crippen MR) is 88.0 cm³/mol. The number of halogens is 1. The first-order valence-electron chi connectivity index (χ1n) is 7.23. The Morgan fingerprint density at radius 3 is 2.42 bits per heavy atom. The lowest BCUT2D eigenvalue weighted by Crippen LogP contribution is -2.38. The first kappa shape index (κ1) is 16.6. The van der Waals surface area contributed by atoms with Gasteiger partial charge in [0.25, 0.3) is 0 Å². The molecule has 3 rings (SSSR count). The molecule has 1 saturated carbocycles. The van der Waals surface area contributed by atoms with E-state index < -0.39 is 27.3 Å². The normalized spacial score (nSPS) is 15.8. The summed E-state index contributed by atoms with van der Waals surface area (Å²) in [6.07, 6.45) is 1.14. The zero-order chi connectivity index (χ0) is 17.5. The number of carbonyl (C=O) groups is 1. The third-order valence-corrected chi connectivity index (χ3v) is 4.93. The van der Waals surface area contributed by atoms with E-state index >= 15 is 0 Å². The highest BCUT2D eigenvalue weighted by Gasteiger charge is 2.46. The minimum Gasteiger partial charge on any atom is -0.322 e. The highest BCUT2D eigenvalue weighted by atomic mass is 32.2. The van der Waals surface area contributed by atoms with Crippen molar-refractivity contribution < 1.29 is 17.6 Å². The number of benzene rings is 2. The molecule has 6 nitrogen and oxygen atoms in total. The Morgan fingerprint density at radius 1 is 1.17 bits per heavy atom.